The monoisotopic (exact) mass is 414 g/mol. The van der Waals surface area contributed by atoms with E-state index in [2.05, 4.69) is 15.9 Å². The summed E-state index contributed by atoms with van der Waals surface area (Å²) in [5, 5.41) is 0. The quantitative estimate of drug-likeness (QED) is 0.188. The van der Waals surface area contributed by atoms with E-state index in [0.29, 0.717) is 33.0 Å². The highest BCUT2D eigenvalue weighted by atomic mass is 79.9. The Morgan fingerprint density at radius 3 is 1.91 bits per heavy atom. The van der Waals surface area contributed by atoms with Crippen LogP contribution in [0.15, 0.2) is 0 Å². The summed E-state index contributed by atoms with van der Waals surface area (Å²) in [5.74, 6) is -0.295. The zero-order valence-electron chi connectivity index (χ0n) is 15.0. The van der Waals surface area contributed by atoms with Crippen LogP contribution in [-0.2, 0) is 27.5 Å². The van der Waals surface area contributed by atoms with Crippen molar-refractivity contribution in [3.8, 4) is 0 Å². The molecule has 0 amide bonds. The average molecular weight is 415 g/mol. The first-order valence-corrected chi connectivity index (χ1v) is 10.9. The fraction of sp³-hybridized carbons (Fsp3) is 0.933. The number of ether oxygens (including phenoxy) is 2. The van der Waals surface area contributed by atoms with Crippen molar-refractivity contribution in [3.05, 3.63) is 0 Å². The topological polar surface area (TPSA) is 63.2 Å². The first-order valence-electron chi connectivity index (χ1n) is 8.17. The summed E-state index contributed by atoms with van der Waals surface area (Å²) in [6.45, 7) is 12.2. The van der Waals surface area contributed by atoms with Gasteiger partial charge in [0.2, 0.25) is 0 Å². The molecule has 0 aromatic heterocycles. The van der Waals surface area contributed by atoms with E-state index in [1.807, 2.05) is 20.8 Å². The molecular formula is C15H31BrO6Si. The van der Waals surface area contributed by atoms with Gasteiger partial charge >= 0.3 is 14.8 Å². The van der Waals surface area contributed by atoms with Gasteiger partial charge in [-0.1, -0.05) is 15.9 Å². The minimum absolute atomic E-state index is 0.249. The first kappa shape index (κ1) is 23.0. The van der Waals surface area contributed by atoms with Crippen LogP contribution < -0.4 is 0 Å². The molecule has 0 saturated heterocycles. The predicted octanol–water partition coefficient (Wildman–Crippen LogP) is 3.16. The van der Waals surface area contributed by atoms with Gasteiger partial charge in [-0.3, -0.25) is 4.79 Å². The van der Waals surface area contributed by atoms with Gasteiger partial charge in [0, 0.05) is 32.5 Å². The molecule has 0 radical (unpaired) electrons. The molecule has 0 aliphatic carbocycles. The van der Waals surface area contributed by atoms with Crippen LogP contribution in [0.25, 0.3) is 0 Å². The lowest BCUT2D eigenvalue weighted by Gasteiger charge is -2.28. The number of hydrogen-bond donors (Lipinski definition) is 0. The summed E-state index contributed by atoms with van der Waals surface area (Å²) in [6.07, 6.45) is 0.782. The van der Waals surface area contributed by atoms with E-state index in [0.717, 1.165) is 12.5 Å². The third-order valence-corrected chi connectivity index (χ3v) is 6.29. The lowest BCUT2D eigenvalue weighted by Crippen LogP contribution is -2.46. The van der Waals surface area contributed by atoms with Gasteiger partial charge in [-0.2, -0.15) is 0 Å². The zero-order valence-corrected chi connectivity index (χ0v) is 17.6. The average Bonchev–Trinajstić information content (AvgIpc) is 2.46. The molecule has 0 aliphatic heterocycles. The Kier molecular flexibility index (Phi) is 12.4. The second kappa shape index (κ2) is 12.4. The Morgan fingerprint density at radius 1 is 0.957 bits per heavy atom. The normalized spacial score (nSPS) is 12.4. The van der Waals surface area contributed by atoms with Crippen molar-refractivity contribution in [2.75, 3.05) is 39.6 Å². The van der Waals surface area contributed by atoms with Gasteiger partial charge in [0.05, 0.1) is 6.61 Å². The Hall–Kier alpha value is 0.00688. The third kappa shape index (κ3) is 10.5. The van der Waals surface area contributed by atoms with Crippen molar-refractivity contribution in [1.82, 2.24) is 0 Å². The molecule has 0 aromatic carbocycles. The van der Waals surface area contributed by atoms with Crippen molar-refractivity contribution in [2.24, 2.45) is 0 Å². The maximum Gasteiger partial charge on any atom is 0.501 e. The number of hydrogen-bond acceptors (Lipinski definition) is 6. The van der Waals surface area contributed by atoms with E-state index >= 15 is 0 Å². The summed E-state index contributed by atoms with van der Waals surface area (Å²) < 4.78 is 27.2. The number of rotatable bonds is 14. The van der Waals surface area contributed by atoms with Gasteiger partial charge in [0.15, 0.2) is 0 Å². The highest BCUT2D eigenvalue weighted by molar-refractivity contribution is 9.10. The molecule has 0 aliphatic rings. The van der Waals surface area contributed by atoms with Crippen LogP contribution in [-0.4, -0.2) is 58.7 Å². The minimum Gasteiger partial charge on any atom is -0.462 e. The largest absolute Gasteiger partial charge is 0.501 e. The molecule has 6 nitrogen and oxygen atoms in total. The highest BCUT2D eigenvalue weighted by Gasteiger charge is 2.39. The van der Waals surface area contributed by atoms with Gasteiger partial charge < -0.3 is 22.8 Å². The smallest absolute Gasteiger partial charge is 0.462 e. The summed E-state index contributed by atoms with van der Waals surface area (Å²) >= 11 is 3.25. The van der Waals surface area contributed by atoms with Crippen LogP contribution in [0.5, 0.6) is 0 Å². The molecule has 23 heavy (non-hydrogen) atoms. The number of alkyl halides is 1. The second-order valence-electron chi connectivity index (χ2n) is 5.31. The summed E-state index contributed by atoms with van der Waals surface area (Å²) in [7, 11) is -2.58. The highest BCUT2D eigenvalue weighted by Crippen LogP contribution is 2.18. The number of carbonyl (C=O) groups is 1. The molecule has 0 bridgehead atoms. The minimum atomic E-state index is -2.58. The molecule has 0 rings (SSSR count). The predicted molar refractivity (Wildman–Crippen MR) is 94.8 cm³/mol. The molecule has 0 N–H and O–H groups in total. The van der Waals surface area contributed by atoms with Crippen molar-refractivity contribution in [2.45, 2.75) is 51.4 Å². The fourth-order valence-electron chi connectivity index (χ4n) is 1.86. The molecular weight excluding hydrogens is 384 g/mol. The Bertz CT molecular complexity index is 305. The van der Waals surface area contributed by atoms with Gasteiger partial charge in [-0.15, -0.1) is 0 Å². The van der Waals surface area contributed by atoms with E-state index in [-0.39, 0.29) is 12.6 Å². The van der Waals surface area contributed by atoms with E-state index in [1.54, 1.807) is 13.8 Å². The Labute approximate surface area is 149 Å². The zero-order chi connectivity index (χ0) is 17.8. The van der Waals surface area contributed by atoms with Crippen LogP contribution in [0.1, 0.15) is 41.0 Å². The van der Waals surface area contributed by atoms with Crippen LogP contribution in [0.3, 0.4) is 0 Å². The summed E-state index contributed by atoms with van der Waals surface area (Å²) in [4.78, 5) is 11.5. The van der Waals surface area contributed by atoms with Crippen LogP contribution in [0, 0.1) is 0 Å². The van der Waals surface area contributed by atoms with Crippen LogP contribution in [0.2, 0.25) is 6.04 Å². The second-order valence-corrected chi connectivity index (χ2v) is 10.0. The first-order chi connectivity index (χ1) is 10.8. The van der Waals surface area contributed by atoms with Gasteiger partial charge in [0.1, 0.15) is 10.9 Å². The van der Waals surface area contributed by atoms with Crippen molar-refractivity contribution >= 4 is 30.7 Å². The van der Waals surface area contributed by atoms with Gasteiger partial charge in [-0.25, -0.2) is 0 Å². The number of esters is 1. The lowest BCUT2D eigenvalue weighted by atomic mass is 10.2. The summed E-state index contributed by atoms with van der Waals surface area (Å²) in [6, 6.07) is 0.719. The standard InChI is InChI=1S/C15H31BrO6Si/c1-6-20-23(21-7-2,22-8-3)13-9-10-18-11-12-19-14(17)15(4,5)16/h6-13H2,1-5H3. The molecule has 0 atom stereocenters. The van der Waals surface area contributed by atoms with Gasteiger partial charge in [-0.05, 0) is 41.0 Å². The van der Waals surface area contributed by atoms with E-state index in [9.17, 15) is 4.79 Å². The third-order valence-electron chi connectivity index (χ3n) is 2.81. The lowest BCUT2D eigenvalue weighted by molar-refractivity contribution is -0.146. The van der Waals surface area contributed by atoms with Crippen LogP contribution in [0.4, 0.5) is 0 Å². The van der Waals surface area contributed by atoms with Crippen LogP contribution >= 0.6 is 15.9 Å². The maximum atomic E-state index is 11.5. The molecule has 0 spiro atoms. The fourth-order valence-corrected chi connectivity index (χ4v) is 4.55. The Balaban J connectivity index is 3.96. The molecule has 0 saturated carbocycles. The van der Waals surface area contributed by atoms with E-state index < -0.39 is 13.1 Å². The molecule has 0 unspecified atom stereocenters. The van der Waals surface area contributed by atoms with Gasteiger partial charge in [0.25, 0.3) is 0 Å². The summed E-state index contributed by atoms with van der Waals surface area (Å²) in [5.41, 5.74) is 0. The molecule has 8 heteroatoms. The number of carbonyl (C=O) groups excluding carboxylic acids is 1. The Morgan fingerprint density at radius 2 is 1.48 bits per heavy atom. The SMILES string of the molecule is CCO[Si](CCCOCCOC(=O)C(C)(C)Br)(OCC)OCC. The van der Waals surface area contributed by atoms with Crippen molar-refractivity contribution < 1.29 is 27.5 Å². The molecule has 0 aromatic rings. The molecule has 138 valence electrons. The maximum absolute atomic E-state index is 11.5. The number of halogens is 1. The molecule has 0 fully saturated rings. The van der Waals surface area contributed by atoms with Crippen molar-refractivity contribution in [3.63, 3.8) is 0 Å². The van der Waals surface area contributed by atoms with E-state index in [4.69, 9.17) is 22.8 Å². The van der Waals surface area contributed by atoms with Crippen molar-refractivity contribution in [1.29, 1.82) is 0 Å². The van der Waals surface area contributed by atoms with E-state index in [1.165, 1.54) is 0 Å². The molecule has 0 heterocycles.